The van der Waals surface area contributed by atoms with Crippen LogP contribution in [0.1, 0.15) is 11.1 Å². The number of nitrogens with zero attached hydrogens (tertiary/aromatic N) is 3. The van der Waals surface area contributed by atoms with E-state index in [9.17, 15) is 0 Å². The number of rotatable bonds is 3. The molecule has 3 aromatic rings. The maximum atomic E-state index is 4.70. The average Bonchev–Trinajstić information content (AvgIpc) is 2.54. The van der Waals surface area contributed by atoms with Crippen LogP contribution in [0.15, 0.2) is 53.7 Å². The summed E-state index contributed by atoms with van der Waals surface area (Å²) >= 11 is 1.50. The molecule has 1 heterocycles. The minimum atomic E-state index is 0.688. The molecule has 22 heavy (non-hydrogen) atoms. The van der Waals surface area contributed by atoms with Crippen molar-refractivity contribution in [1.82, 2.24) is 15.2 Å². The lowest BCUT2D eigenvalue weighted by molar-refractivity contribution is 0.852. The second kappa shape index (κ2) is 6.28. The van der Waals surface area contributed by atoms with Crippen LogP contribution in [0.25, 0.3) is 22.5 Å². The molecule has 3 nitrogen and oxygen atoms in total. The molecular formula is C18H17N3S. The predicted octanol–water partition coefficient (Wildman–Crippen LogP) is 4.54. The number of thioether (sulfide) groups is 1. The average molecular weight is 307 g/mol. The fourth-order valence-corrected chi connectivity index (χ4v) is 2.68. The first-order valence-electron chi connectivity index (χ1n) is 7.10. The molecule has 0 aliphatic heterocycles. The van der Waals surface area contributed by atoms with Crippen LogP contribution in [-0.4, -0.2) is 21.4 Å². The van der Waals surface area contributed by atoms with Crippen LogP contribution in [0.4, 0.5) is 0 Å². The number of aryl methyl sites for hydroxylation is 2. The van der Waals surface area contributed by atoms with Crippen LogP contribution >= 0.6 is 11.8 Å². The fraction of sp³-hybridized carbons (Fsp3) is 0.167. The smallest absolute Gasteiger partial charge is 0.209 e. The van der Waals surface area contributed by atoms with Gasteiger partial charge < -0.3 is 0 Å². The zero-order valence-electron chi connectivity index (χ0n) is 12.9. The molecule has 0 amide bonds. The Balaban J connectivity index is 2.22. The lowest BCUT2D eigenvalue weighted by Gasteiger charge is -2.10. The van der Waals surface area contributed by atoms with E-state index in [0.717, 1.165) is 22.5 Å². The highest BCUT2D eigenvalue weighted by atomic mass is 32.2. The van der Waals surface area contributed by atoms with Gasteiger partial charge in [-0.2, -0.15) is 0 Å². The highest BCUT2D eigenvalue weighted by Crippen LogP contribution is 2.30. The molecule has 0 aliphatic rings. The Bertz CT molecular complexity index is 815. The van der Waals surface area contributed by atoms with Crippen LogP contribution in [0.2, 0.25) is 0 Å². The number of hydrogen-bond donors (Lipinski definition) is 0. The van der Waals surface area contributed by atoms with Crippen LogP contribution in [0, 0.1) is 13.8 Å². The van der Waals surface area contributed by atoms with Gasteiger partial charge in [-0.3, -0.25) is 0 Å². The summed E-state index contributed by atoms with van der Waals surface area (Å²) in [6, 6.07) is 16.6. The third-order valence-corrected chi connectivity index (χ3v) is 3.97. The van der Waals surface area contributed by atoms with Gasteiger partial charge in [-0.05, 0) is 32.2 Å². The van der Waals surface area contributed by atoms with Gasteiger partial charge in [0.25, 0.3) is 0 Å². The first-order chi connectivity index (χ1) is 10.7. The predicted molar refractivity (Wildman–Crippen MR) is 92.0 cm³/mol. The van der Waals surface area contributed by atoms with Crippen molar-refractivity contribution in [2.24, 2.45) is 0 Å². The standard InChI is InChI=1S/C18H17N3S/c1-12-6-4-8-14(10-12)16-17(20-21-18(19-16)22-3)15-9-5-7-13(2)11-15/h4-11H,1-3H3. The van der Waals surface area contributed by atoms with Crippen molar-refractivity contribution >= 4 is 11.8 Å². The highest BCUT2D eigenvalue weighted by molar-refractivity contribution is 7.98. The molecule has 1 aromatic heterocycles. The number of hydrogen-bond acceptors (Lipinski definition) is 4. The summed E-state index contributed by atoms with van der Waals surface area (Å²) in [5.41, 5.74) is 6.23. The summed E-state index contributed by atoms with van der Waals surface area (Å²) in [4.78, 5) is 4.70. The monoisotopic (exact) mass is 307 g/mol. The van der Waals surface area contributed by atoms with E-state index in [4.69, 9.17) is 4.98 Å². The summed E-state index contributed by atoms with van der Waals surface area (Å²) in [6.07, 6.45) is 1.96. The van der Waals surface area contributed by atoms with Gasteiger partial charge in [0.05, 0.1) is 0 Å². The minimum absolute atomic E-state index is 0.688. The van der Waals surface area contributed by atoms with Gasteiger partial charge in [0.15, 0.2) is 0 Å². The molecule has 0 bridgehead atoms. The Labute approximate surface area is 134 Å². The van der Waals surface area contributed by atoms with Crippen LogP contribution in [-0.2, 0) is 0 Å². The second-order valence-corrected chi connectivity index (χ2v) is 6.01. The molecule has 0 radical (unpaired) electrons. The third kappa shape index (κ3) is 3.02. The van der Waals surface area contributed by atoms with Crippen molar-refractivity contribution in [3.05, 3.63) is 59.7 Å². The van der Waals surface area contributed by atoms with E-state index in [1.807, 2.05) is 18.4 Å². The molecule has 4 heteroatoms. The Kier molecular flexibility index (Phi) is 4.20. The van der Waals surface area contributed by atoms with E-state index in [1.54, 1.807) is 0 Å². The SMILES string of the molecule is CSc1nnc(-c2cccc(C)c2)c(-c2cccc(C)c2)n1. The summed E-state index contributed by atoms with van der Waals surface area (Å²) in [6.45, 7) is 4.16. The van der Waals surface area contributed by atoms with Crippen molar-refractivity contribution in [1.29, 1.82) is 0 Å². The molecule has 0 fully saturated rings. The van der Waals surface area contributed by atoms with Gasteiger partial charge in [0.2, 0.25) is 5.16 Å². The largest absolute Gasteiger partial charge is 0.219 e. The van der Waals surface area contributed by atoms with Gasteiger partial charge in [-0.25, -0.2) is 4.98 Å². The molecule has 110 valence electrons. The summed E-state index contributed by atoms with van der Waals surface area (Å²) in [7, 11) is 0. The third-order valence-electron chi connectivity index (χ3n) is 3.43. The van der Waals surface area contributed by atoms with Crippen LogP contribution < -0.4 is 0 Å². The molecule has 0 saturated heterocycles. The number of aromatic nitrogens is 3. The molecule has 3 rings (SSSR count). The quantitative estimate of drug-likeness (QED) is 0.666. The zero-order valence-corrected chi connectivity index (χ0v) is 13.7. The van der Waals surface area contributed by atoms with E-state index >= 15 is 0 Å². The Morgan fingerprint density at radius 1 is 0.773 bits per heavy atom. The van der Waals surface area contributed by atoms with E-state index in [0.29, 0.717) is 5.16 Å². The highest BCUT2D eigenvalue weighted by Gasteiger charge is 2.13. The Hall–Kier alpha value is -2.20. The van der Waals surface area contributed by atoms with Gasteiger partial charge in [0, 0.05) is 11.1 Å². The van der Waals surface area contributed by atoms with Crippen LogP contribution in [0.5, 0.6) is 0 Å². The fourth-order valence-electron chi connectivity index (χ4n) is 2.38. The van der Waals surface area contributed by atoms with Crippen molar-refractivity contribution < 1.29 is 0 Å². The van der Waals surface area contributed by atoms with Gasteiger partial charge in [-0.15, -0.1) is 10.2 Å². The molecule has 0 spiro atoms. The van der Waals surface area contributed by atoms with Crippen molar-refractivity contribution in [3.63, 3.8) is 0 Å². The van der Waals surface area contributed by atoms with Gasteiger partial charge in [-0.1, -0.05) is 59.3 Å². The molecule has 0 atom stereocenters. The van der Waals surface area contributed by atoms with Crippen molar-refractivity contribution in [3.8, 4) is 22.5 Å². The lowest BCUT2D eigenvalue weighted by atomic mass is 10.0. The molecular weight excluding hydrogens is 290 g/mol. The van der Waals surface area contributed by atoms with Gasteiger partial charge >= 0.3 is 0 Å². The maximum Gasteiger partial charge on any atom is 0.209 e. The van der Waals surface area contributed by atoms with E-state index in [2.05, 4.69) is 60.4 Å². The maximum absolute atomic E-state index is 4.70. The topological polar surface area (TPSA) is 38.7 Å². The second-order valence-electron chi connectivity index (χ2n) is 5.23. The molecule has 0 saturated carbocycles. The first kappa shape index (κ1) is 14.7. The van der Waals surface area contributed by atoms with E-state index in [-0.39, 0.29) is 0 Å². The molecule has 0 N–H and O–H groups in total. The molecule has 0 unspecified atom stereocenters. The van der Waals surface area contributed by atoms with E-state index < -0.39 is 0 Å². The lowest BCUT2D eigenvalue weighted by Crippen LogP contribution is -1.99. The summed E-state index contributed by atoms with van der Waals surface area (Å²) < 4.78 is 0. The van der Waals surface area contributed by atoms with Gasteiger partial charge in [0.1, 0.15) is 11.4 Å². The van der Waals surface area contributed by atoms with Crippen molar-refractivity contribution in [2.45, 2.75) is 19.0 Å². The molecule has 0 aliphatic carbocycles. The summed E-state index contributed by atoms with van der Waals surface area (Å²) in [5.74, 6) is 0. The van der Waals surface area contributed by atoms with E-state index in [1.165, 1.54) is 22.9 Å². The normalized spacial score (nSPS) is 10.7. The Morgan fingerprint density at radius 2 is 1.36 bits per heavy atom. The first-order valence-corrected chi connectivity index (χ1v) is 8.32. The van der Waals surface area contributed by atoms with Crippen LogP contribution in [0.3, 0.4) is 0 Å². The molecule has 2 aromatic carbocycles. The zero-order chi connectivity index (χ0) is 15.5. The summed E-state index contributed by atoms with van der Waals surface area (Å²) in [5, 5.41) is 9.34. The van der Waals surface area contributed by atoms with Crippen molar-refractivity contribution in [2.75, 3.05) is 6.26 Å². The minimum Gasteiger partial charge on any atom is -0.219 e. The number of benzene rings is 2. The Morgan fingerprint density at radius 3 is 1.91 bits per heavy atom.